The fourth-order valence-corrected chi connectivity index (χ4v) is 2.52. The first kappa shape index (κ1) is 24.4. The lowest BCUT2D eigenvalue weighted by atomic mass is 9.91. The van der Waals surface area contributed by atoms with Crippen molar-refractivity contribution in [1.82, 2.24) is 0 Å². The van der Waals surface area contributed by atoms with E-state index in [4.69, 9.17) is 21.2 Å². The summed E-state index contributed by atoms with van der Waals surface area (Å²) in [7, 11) is 1.38. The lowest BCUT2D eigenvalue weighted by molar-refractivity contribution is -0.384. The van der Waals surface area contributed by atoms with Crippen LogP contribution in [0.2, 0.25) is 5.02 Å². The minimum Gasteiger partial charge on any atom is -0.456 e. The Balaban J connectivity index is 2.29. The van der Waals surface area contributed by atoms with E-state index >= 15 is 0 Å². The van der Waals surface area contributed by atoms with E-state index in [1.807, 2.05) is 0 Å². The Hall–Kier alpha value is -2.85. The van der Waals surface area contributed by atoms with Gasteiger partial charge in [0.1, 0.15) is 23.8 Å². The number of halogens is 4. The topological polar surface area (TPSA) is 81.9 Å². The summed E-state index contributed by atoms with van der Waals surface area (Å²) < 4.78 is 43.9. The number of carbonyl (C=O) groups excluding carboxylic acids is 1. The van der Waals surface area contributed by atoms with Gasteiger partial charge in [-0.15, -0.1) is 0 Å². The van der Waals surface area contributed by atoms with Crippen LogP contribution in [0.15, 0.2) is 36.4 Å². The number of carbonyl (C=O) groups is 1. The predicted octanol–water partition coefficient (Wildman–Crippen LogP) is 6.04. The zero-order chi connectivity index (χ0) is 23.6. The zero-order valence-corrected chi connectivity index (χ0v) is 17.9. The molecule has 0 heterocycles. The van der Waals surface area contributed by atoms with Gasteiger partial charge < -0.3 is 4.74 Å². The number of rotatable bonds is 7. The summed E-state index contributed by atoms with van der Waals surface area (Å²) in [6.07, 6.45) is -4.56. The molecule has 2 aromatic rings. The van der Waals surface area contributed by atoms with Crippen molar-refractivity contribution < 1.29 is 32.5 Å². The first-order chi connectivity index (χ1) is 14.2. The third-order valence-corrected chi connectivity index (χ3v) is 4.49. The molecule has 0 spiro atoms. The maximum absolute atomic E-state index is 12.8. The molecule has 0 radical (unpaired) electrons. The molecule has 11 heteroatoms. The summed E-state index contributed by atoms with van der Waals surface area (Å²) in [5.41, 5.74) is -1.94. The average molecular weight is 461 g/mol. The molecule has 0 N–H and O–H groups in total. The highest BCUT2D eigenvalue weighted by Gasteiger charge is 2.31. The van der Waals surface area contributed by atoms with Gasteiger partial charge in [-0.3, -0.25) is 19.7 Å². The van der Waals surface area contributed by atoms with E-state index < -0.39 is 22.1 Å². The van der Waals surface area contributed by atoms with Crippen LogP contribution in [0.4, 0.5) is 24.5 Å². The Morgan fingerprint density at radius 2 is 1.81 bits per heavy atom. The number of anilines is 1. The van der Waals surface area contributed by atoms with E-state index in [2.05, 4.69) is 0 Å². The van der Waals surface area contributed by atoms with Crippen LogP contribution in [0, 0.1) is 15.5 Å². The monoisotopic (exact) mass is 460 g/mol. The molecule has 0 saturated carbocycles. The molecule has 0 fully saturated rings. The van der Waals surface area contributed by atoms with Crippen LogP contribution >= 0.6 is 11.6 Å². The van der Waals surface area contributed by atoms with Gasteiger partial charge in [-0.05, 0) is 24.3 Å². The number of nitro benzene ring substituents is 1. The lowest BCUT2D eigenvalue weighted by Gasteiger charge is -2.22. The van der Waals surface area contributed by atoms with Crippen molar-refractivity contribution in [1.29, 1.82) is 0 Å². The molecule has 7 nitrogen and oxygen atoms in total. The fraction of sp³-hybridized carbons (Fsp3) is 0.350. The first-order valence-electron chi connectivity index (χ1n) is 8.93. The smallest absolute Gasteiger partial charge is 0.416 e. The van der Waals surface area contributed by atoms with E-state index in [-0.39, 0.29) is 40.3 Å². The Kier molecular flexibility index (Phi) is 7.17. The number of benzene rings is 2. The van der Waals surface area contributed by atoms with Crippen LogP contribution in [0.5, 0.6) is 11.5 Å². The first-order valence-corrected chi connectivity index (χ1v) is 9.31. The molecule has 0 bridgehead atoms. The standard InChI is InChI=1S/C20H20ClF3N2O5/c1-19(2,3)18(27)11-30-25(4)16-10-13(6-7-15(16)26(28)29)31-17-8-5-12(9-14(17)21)20(22,23)24/h5-10H,11H2,1-4H3. The molecular weight excluding hydrogens is 441 g/mol. The van der Waals surface area contributed by atoms with Gasteiger partial charge in [0.05, 0.1) is 15.5 Å². The average Bonchev–Trinajstić information content (AvgIpc) is 2.65. The van der Waals surface area contributed by atoms with E-state index in [0.29, 0.717) is 0 Å². The van der Waals surface area contributed by atoms with Crippen molar-refractivity contribution in [2.75, 3.05) is 18.7 Å². The number of hydrogen-bond donors (Lipinski definition) is 0. The Labute approximate surface area is 181 Å². The molecule has 0 aliphatic rings. The van der Waals surface area contributed by atoms with Gasteiger partial charge in [-0.2, -0.15) is 13.2 Å². The summed E-state index contributed by atoms with van der Waals surface area (Å²) in [4.78, 5) is 28.1. The molecule has 0 amide bonds. The van der Waals surface area contributed by atoms with Gasteiger partial charge in [-0.1, -0.05) is 32.4 Å². The number of Topliss-reactive ketones (excluding diaryl/α,β-unsaturated/α-hetero) is 1. The highest BCUT2D eigenvalue weighted by Crippen LogP contribution is 2.38. The van der Waals surface area contributed by atoms with Crippen LogP contribution in [-0.4, -0.2) is 24.4 Å². The normalized spacial score (nSPS) is 11.9. The predicted molar refractivity (Wildman–Crippen MR) is 108 cm³/mol. The van der Waals surface area contributed by atoms with Crippen molar-refractivity contribution >= 4 is 28.8 Å². The van der Waals surface area contributed by atoms with Crippen molar-refractivity contribution in [3.8, 4) is 11.5 Å². The fourth-order valence-electron chi connectivity index (χ4n) is 2.30. The quantitative estimate of drug-likeness (QED) is 0.370. The zero-order valence-electron chi connectivity index (χ0n) is 17.1. The number of ketones is 1. The van der Waals surface area contributed by atoms with Crippen LogP contribution in [0.3, 0.4) is 0 Å². The highest BCUT2D eigenvalue weighted by molar-refractivity contribution is 6.32. The van der Waals surface area contributed by atoms with Crippen LogP contribution in [0.1, 0.15) is 26.3 Å². The van der Waals surface area contributed by atoms with Crippen molar-refractivity contribution in [2.45, 2.75) is 26.9 Å². The maximum Gasteiger partial charge on any atom is 0.416 e. The van der Waals surface area contributed by atoms with Crippen molar-refractivity contribution in [3.05, 3.63) is 57.1 Å². The van der Waals surface area contributed by atoms with Gasteiger partial charge in [0.2, 0.25) is 0 Å². The Morgan fingerprint density at radius 1 is 1.16 bits per heavy atom. The molecule has 2 aromatic carbocycles. The summed E-state index contributed by atoms with van der Waals surface area (Å²) >= 11 is 5.89. The number of nitrogens with zero attached hydrogens (tertiary/aromatic N) is 2. The molecule has 0 aliphatic carbocycles. The highest BCUT2D eigenvalue weighted by atomic mass is 35.5. The lowest BCUT2D eigenvalue weighted by Crippen LogP contribution is -2.30. The van der Waals surface area contributed by atoms with E-state index in [1.54, 1.807) is 20.8 Å². The molecule has 2 rings (SSSR count). The summed E-state index contributed by atoms with van der Waals surface area (Å²) in [6, 6.07) is 6.25. The number of nitro groups is 1. The van der Waals surface area contributed by atoms with Crippen molar-refractivity contribution in [3.63, 3.8) is 0 Å². The van der Waals surface area contributed by atoms with E-state index in [0.717, 1.165) is 29.3 Å². The third kappa shape index (κ3) is 6.31. The van der Waals surface area contributed by atoms with Gasteiger partial charge in [0.15, 0.2) is 5.78 Å². The van der Waals surface area contributed by atoms with Gasteiger partial charge in [0, 0.05) is 24.6 Å². The second-order valence-electron chi connectivity index (χ2n) is 7.60. The van der Waals surface area contributed by atoms with E-state index in [1.165, 1.54) is 19.2 Å². The summed E-state index contributed by atoms with van der Waals surface area (Å²) in [5, 5.41) is 12.1. The minimum absolute atomic E-state index is 0.0211. The summed E-state index contributed by atoms with van der Waals surface area (Å²) in [5.74, 6) is -0.216. The second-order valence-corrected chi connectivity index (χ2v) is 8.00. The Bertz CT molecular complexity index is 990. The molecule has 0 atom stereocenters. The number of ether oxygens (including phenoxy) is 1. The molecule has 0 unspecified atom stereocenters. The Morgan fingerprint density at radius 3 is 2.32 bits per heavy atom. The minimum atomic E-state index is -4.56. The molecular formula is C20H20ClF3N2O5. The van der Waals surface area contributed by atoms with Gasteiger partial charge >= 0.3 is 6.18 Å². The van der Waals surface area contributed by atoms with Gasteiger partial charge in [0.25, 0.3) is 5.69 Å². The van der Waals surface area contributed by atoms with Crippen LogP contribution < -0.4 is 9.80 Å². The molecule has 168 valence electrons. The third-order valence-electron chi connectivity index (χ3n) is 4.20. The second kappa shape index (κ2) is 9.11. The molecule has 0 aromatic heterocycles. The number of hydrogen-bond acceptors (Lipinski definition) is 6. The maximum atomic E-state index is 12.8. The van der Waals surface area contributed by atoms with Crippen LogP contribution in [-0.2, 0) is 15.8 Å². The number of alkyl halides is 3. The summed E-state index contributed by atoms with van der Waals surface area (Å²) in [6.45, 7) is 4.82. The van der Waals surface area contributed by atoms with Crippen LogP contribution in [0.25, 0.3) is 0 Å². The largest absolute Gasteiger partial charge is 0.456 e. The van der Waals surface area contributed by atoms with E-state index in [9.17, 15) is 28.1 Å². The molecule has 0 saturated heterocycles. The van der Waals surface area contributed by atoms with Crippen molar-refractivity contribution in [2.24, 2.45) is 5.41 Å². The molecule has 0 aliphatic heterocycles. The molecule has 31 heavy (non-hydrogen) atoms. The van der Waals surface area contributed by atoms with Gasteiger partial charge in [-0.25, -0.2) is 5.06 Å². The SMILES string of the molecule is CN(OCC(=O)C(C)(C)C)c1cc(Oc2ccc(C(F)(F)F)cc2Cl)ccc1[N+](=O)[O-]. The number of hydroxylamine groups is 1.